The largest absolute Gasteiger partial charge is 0.497 e. The van der Waals surface area contributed by atoms with E-state index in [0.717, 1.165) is 28.4 Å². The molecule has 0 saturated heterocycles. The third-order valence-corrected chi connectivity index (χ3v) is 3.81. The molecule has 0 amide bonds. The molecule has 0 atom stereocenters. The number of rotatable bonds is 6. The topological polar surface area (TPSA) is 48.4 Å². The van der Waals surface area contributed by atoms with Crippen LogP contribution in [0.3, 0.4) is 0 Å². The fourth-order valence-corrected chi connectivity index (χ4v) is 2.41. The highest BCUT2D eigenvalue weighted by atomic mass is 32.1. The molecule has 2 rings (SSSR count). The lowest BCUT2D eigenvalue weighted by Crippen LogP contribution is -2.01. The number of hydrogen-bond acceptors (Lipinski definition) is 5. The number of aromatic nitrogens is 1. The summed E-state index contributed by atoms with van der Waals surface area (Å²) in [5.41, 5.74) is 1.67. The Labute approximate surface area is 128 Å². The van der Waals surface area contributed by atoms with Gasteiger partial charge in [-0.2, -0.15) is 0 Å². The van der Waals surface area contributed by atoms with Crippen LogP contribution in [0.5, 0.6) is 5.75 Å². The zero-order valence-electron chi connectivity index (χ0n) is 12.0. The fourth-order valence-electron chi connectivity index (χ4n) is 1.68. The Morgan fingerprint density at radius 3 is 3.00 bits per heavy atom. The minimum absolute atomic E-state index is 0.206. The van der Waals surface area contributed by atoms with Crippen LogP contribution in [0.2, 0.25) is 0 Å². The van der Waals surface area contributed by atoms with Crippen molar-refractivity contribution in [2.24, 2.45) is 0 Å². The van der Waals surface area contributed by atoms with E-state index in [0.29, 0.717) is 0 Å². The normalized spacial score (nSPS) is 10.8. The zero-order chi connectivity index (χ0) is 15.1. The molecule has 0 spiro atoms. The van der Waals surface area contributed by atoms with E-state index in [2.05, 4.69) is 4.98 Å². The molecule has 21 heavy (non-hydrogen) atoms. The molecule has 0 aliphatic rings. The number of benzene rings is 1. The third-order valence-electron chi connectivity index (χ3n) is 2.77. The highest BCUT2D eigenvalue weighted by molar-refractivity contribution is 7.09. The Kier molecular flexibility index (Phi) is 5.51. The SMILES string of the molecule is CCc1nc(COC(=O)/C=C/c2cccc(OC)c2)cs1. The summed E-state index contributed by atoms with van der Waals surface area (Å²) in [5, 5.41) is 2.96. The monoisotopic (exact) mass is 303 g/mol. The van der Waals surface area contributed by atoms with Crippen LogP contribution in [0.1, 0.15) is 23.2 Å². The summed E-state index contributed by atoms with van der Waals surface area (Å²) >= 11 is 1.58. The molecule has 1 aromatic heterocycles. The average molecular weight is 303 g/mol. The van der Waals surface area contributed by atoms with Gasteiger partial charge in [0, 0.05) is 11.5 Å². The predicted molar refractivity (Wildman–Crippen MR) is 83.3 cm³/mol. The molecule has 0 aliphatic carbocycles. The van der Waals surface area contributed by atoms with Gasteiger partial charge in [-0.05, 0) is 30.2 Å². The van der Waals surface area contributed by atoms with E-state index in [1.54, 1.807) is 24.5 Å². The lowest BCUT2D eigenvalue weighted by molar-refractivity contribution is -0.139. The van der Waals surface area contributed by atoms with Gasteiger partial charge in [0.15, 0.2) is 0 Å². The molecule has 1 heterocycles. The van der Waals surface area contributed by atoms with E-state index in [1.165, 1.54) is 6.08 Å². The number of thiazole rings is 1. The van der Waals surface area contributed by atoms with Gasteiger partial charge in [0.1, 0.15) is 12.4 Å². The quantitative estimate of drug-likeness (QED) is 0.605. The van der Waals surface area contributed by atoms with Crippen molar-refractivity contribution in [3.8, 4) is 5.75 Å². The molecule has 0 N–H and O–H groups in total. The summed E-state index contributed by atoms with van der Waals surface area (Å²) in [6.07, 6.45) is 4.00. The molecule has 0 radical (unpaired) electrons. The Morgan fingerprint density at radius 1 is 1.43 bits per heavy atom. The zero-order valence-corrected chi connectivity index (χ0v) is 12.9. The number of esters is 1. The van der Waals surface area contributed by atoms with Crippen molar-refractivity contribution in [2.45, 2.75) is 20.0 Å². The number of nitrogens with zero attached hydrogens (tertiary/aromatic N) is 1. The second-order valence-electron chi connectivity index (χ2n) is 4.30. The van der Waals surface area contributed by atoms with Gasteiger partial charge in [0.25, 0.3) is 0 Å². The van der Waals surface area contributed by atoms with E-state index in [4.69, 9.17) is 9.47 Å². The summed E-state index contributed by atoms with van der Waals surface area (Å²) in [7, 11) is 1.61. The van der Waals surface area contributed by atoms with Crippen LogP contribution in [-0.2, 0) is 22.6 Å². The Bertz CT molecular complexity index is 634. The lowest BCUT2D eigenvalue weighted by Gasteiger charge is -2.00. The van der Waals surface area contributed by atoms with Crippen molar-refractivity contribution >= 4 is 23.4 Å². The smallest absolute Gasteiger partial charge is 0.331 e. The maximum atomic E-state index is 11.7. The minimum Gasteiger partial charge on any atom is -0.497 e. The van der Waals surface area contributed by atoms with Crippen LogP contribution in [0.25, 0.3) is 6.08 Å². The summed E-state index contributed by atoms with van der Waals surface area (Å²) in [6.45, 7) is 2.25. The molecule has 110 valence electrons. The molecule has 0 aliphatic heterocycles. The lowest BCUT2D eigenvalue weighted by atomic mass is 10.2. The van der Waals surface area contributed by atoms with Crippen molar-refractivity contribution in [3.63, 3.8) is 0 Å². The summed E-state index contributed by atoms with van der Waals surface area (Å²) < 4.78 is 10.3. The van der Waals surface area contributed by atoms with Crippen LogP contribution in [0, 0.1) is 0 Å². The Balaban J connectivity index is 1.87. The maximum absolute atomic E-state index is 11.7. The molecular weight excluding hydrogens is 286 g/mol. The van der Waals surface area contributed by atoms with Crippen molar-refractivity contribution in [3.05, 3.63) is 52.0 Å². The number of ether oxygens (including phenoxy) is 2. The molecule has 0 unspecified atom stereocenters. The van der Waals surface area contributed by atoms with E-state index in [1.807, 2.05) is 36.6 Å². The second kappa shape index (κ2) is 7.59. The molecule has 0 bridgehead atoms. The van der Waals surface area contributed by atoms with Crippen LogP contribution < -0.4 is 4.74 Å². The van der Waals surface area contributed by atoms with Crippen molar-refractivity contribution in [1.82, 2.24) is 4.98 Å². The highest BCUT2D eigenvalue weighted by Gasteiger charge is 2.03. The number of methoxy groups -OCH3 is 1. The molecular formula is C16H17NO3S. The summed E-state index contributed by atoms with van der Waals surface area (Å²) in [4.78, 5) is 16.0. The van der Waals surface area contributed by atoms with E-state index in [-0.39, 0.29) is 12.6 Å². The van der Waals surface area contributed by atoms with Gasteiger partial charge in [-0.3, -0.25) is 0 Å². The first kappa shape index (κ1) is 15.3. The summed E-state index contributed by atoms with van der Waals surface area (Å²) in [5.74, 6) is 0.365. The molecule has 1 aromatic carbocycles. The van der Waals surface area contributed by atoms with Crippen molar-refractivity contribution < 1.29 is 14.3 Å². The second-order valence-corrected chi connectivity index (χ2v) is 5.25. The van der Waals surface area contributed by atoms with Gasteiger partial charge < -0.3 is 9.47 Å². The van der Waals surface area contributed by atoms with Crippen molar-refractivity contribution in [2.75, 3.05) is 7.11 Å². The van der Waals surface area contributed by atoms with Crippen LogP contribution in [-0.4, -0.2) is 18.1 Å². The maximum Gasteiger partial charge on any atom is 0.331 e. The van der Waals surface area contributed by atoms with Gasteiger partial charge in [-0.25, -0.2) is 9.78 Å². The van der Waals surface area contributed by atoms with E-state index in [9.17, 15) is 4.79 Å². The first-order chi connectivity index (χ1) is 10.2. The van der Waals surface area contributed by atoms with Gasteiger partial charge in [-0.1, -0.05) is 19.1 Å². The molecule has 0 fully saturated rings. The van der Waals surface area contributed by atoms with Crippen molar-refractivity contribution in [1.29, 1.82) is 0 Å². The molecule has 2 aromatic rings. The first-order valence-electron chi connectivity index (χ1n) is 6.63. The summed E-state index contributed by atoms with van der Waals surface area (Å²) in [6, 6.07) is 7.45. The highest BCUT2D eigenvalue weighted by Crippen LogP contribution is 2.14. The third kappa shape index (κ3) is 4.72. The number of carbonyl (C=O) groups is 1. The number of carbonyl (C=O) groups excluding carboxylic acids is 1. The molecule has 4 nitrogen and oxygen atoms in total. The predicted octanol–water partition coefficient (Wildman–Crippen LogP) is 3.47. The minimum atomic E-state index is -0.385. The van der Waals surface area contributed by atoms with E-state index >= 15 is 0 Å². The number of hydrogen-bond donors (Lipinski definition) is 0. The molecule has 0 saturated carbocycles. The van der Waals surface area contributed by atoms with Gasteiger partial charge >= 0.3 is 5.97 Å². The van der Waals surface area contributed by atoms with Crippen LogP contribution in [0.15, 0.2) is 35.7 Å². The number of aryl methyl sites for hydroxylation is 1. The first-order valence-corrected chi connectivity index (χ1v) is 7.51. The fraction of sp³-hybridized carbons (Fsp3) is 0.250. The Morgan fingerprint density at radius 2 is 2.29 bits per heavy atom. The molecule has 5 heteroatoms. The van der Waals surface area contributed by atoms with E-state index < -0.39 is 0 Å². The van der Waals surface area contributed by atoms with Crippen LogP contribution in [0.4, 0.5) is 0 Å². The van der Waals surface area contributed by atoms with Gasteiger partial charge in [0.05, 0.1) is 17.8 Å². The average Bonchev–Trinajstić information content (AvgIpc) is 2.99. The van der Waals surface area contributed by atoms with Crippen LogP contribution >= 0.6 is 11.3 Å². The standard InChI is InChI=1S/C16H17NO3S/c1-3-15-17-13(11-21-15)10-20-16(18)8-7-12-5-4-6-14(9-12)19-2/h4-9,11H,3,10H2,1-2H3/b8-7+. The van der Waals surface area contributed by atoms with Gasteiger partial charge in [0.2, 0.25) is 0 Å². The van der Waals surface area contributed by atoms with Gasteiger partial charge in [-0.15, -0.1) is 11.3 Å². The Hall–Kier alpha value is -2.14.